The first-order valence-corrected chi connectivity index (χ1v) is 8.33. The molecule has 2 unspecified atom stereocenters. The third kappa shape index (κ3) is 2.56. The van der Waals surface area contributed by atoms with Crippen LogP contribution in [-0.2, 0) is 4.79 Å². The predicted octanol–water partition coefficient (Wildman–Crippen LogP) is 3.85. The Kier molecular flexibility index (Phi) is 3.98. The number of carbonyl (C=O) groups excluding carboxylic acids is 1. The lowest BCUT2D eigenvalue weighted by Gasteiger charge is -2.24. The molecule has 1 aromatic carbocycles. The zero-order valence-electron chi connectivity index (χ0n) is 10.9. The van der Waals surface area contributed by atoms with Gasteiger partial charge in [0.1, 0.15) is 5.37 Å². The van der Waals surface area contributed by atoms with Gasteiger partial charge in [0.05, 0.1) is 5.25 Å². The van der Waals surface area contributed by atoms with E-state index >= 15 is 0 Å². The third-order valence-electron chi connectivity index (χ3n) is 3.23. The molecule has 2 aromatic rings. The first kappa shape index (κ1) is 13.9. The van der Waals surface area contributed by atoms with E-state index in [1.165, 1.54) is 0 Å². The van der Waals surface area contributed by atoms with Crippen LogP contribution >= 0.6 is 34.4 Å². The molecule has 0 radical (unpaired) electrons. The molecule has 2 atom stereocenters. The molecule has 20 heavy (non-hydrogen) atoms. The lowest BCUT2D eigenvalue weighted by atomic mass is 10.2. The quantitative estimate of drug-likeness (QED) is 0.723. The molecule has 2 heterocycles. The second-order valence-electron chi connectivity index (χ2n) is 4.60. The molecule has 3 nitrogen and oxygen atoms in total. The van der Waals surface area contributed by atoms with Crippen molar-refractivity contribution in [2.75, 3.05) is 4.90 Å². The first-order valence-electron chi connectivity index (χ1n) is 6.31. The molecule has 1 aromatic heterocycles. The van der Waals surface area contributed by atoms with Gasteiger partial charge in [0.2, 0.25) is 5.91 Å². The molecular formula is C15H13IN2OS. The molecule has 1 amide bonds. The van der Waals surface area contributed by atoms with Crippen LogP contribution in [0.5, 0.6) is 0 Å². The number of anilines is 1. The molecule has 1 aliphatic rings. The summed E-state index contributed by atoms with van der Waals surface area (Å²) < 4.78 is 1.16. The molecule has 0 bridgehead atoms. The Morgan fingerprint density at radius 1 is 1.25 bits per heavy atom. The average molecular weight is 396 g/mol. The zero-order valence-corrected chi connectivity index (χ0v) is 13.8. The van der Waals surface area contributed by atoms with E-state index < -0.39 is 0 Å². The van der Waals surface area contributed by atoms with Gasteiger partial charge in [-0.3, -0.25) is 14.7 Å². The summed E-state index contributed by atoms with van der Waals surface area (Å²) in [5.41, 5.74) is 2.01. The van der Waals surface area contributed by atoms with E-state index in [0.717, 1.165) is 14.8 Å². The zero-order chi connectivity index (χ0) is 14.1. The highest BCUT2D eigenvalue weighted by Gasteiger charge is 2.39. The van der Waals surface area contributed by atoms with Crippen LogP contribution in [0.2, 0.25) is 0 Å². The van der Waals surface area contributed by atoms with E-state index in [9.17, 15) is 4.79 Å². The monoisotopic (exact) mass is 396 g/mol. The second kappa shape index (κ2) is 5.73. The second-order valence-corrected chi connectivity index (χ2v) is 7.27. The average Bonchev–Trinajstić information content (AvgIpc) is 2.77. The molecule has 3 rings (SSSR count). The number of pyridine rings is 1. The summed E-state index contributed by atoms with van der Waals surface area (Å²) in [6.45, 7) is 1.96. The van der Waals surface area contributed by atoms with Gasteiger partial charge in [-0.15, -0.1) is 11.8 Å². The van der Waals surface area contributed by atoms with Crippen LogP contribution in [0.4, 0.5) is 5.69 Å². The van der Waals surface area contributed by atoms with E-state index in [0.29, 0.717) is 0 Å². The highest BCUT2D eigenvalue weighted by atomic mass is 127. The van der Waals surface area contributed by atoms with Gasteiger partial charge in [0.15, 0.2) is 0 Å². The standard InChI is InChI=1S/C15H13IN2OS/c1-10-14(19)18(13-6-4-12(16)5-7-13)15(20-10)11-3-2-8-17-9-11/h2-10,15H,1H3. The van der Waals surface area contributed by atoms with Crippen molar-refractivity contribution in [1.82, 2.24) is 4.98 Å². The Labute approximate surface area is 135 Å². The Hall–Kier alpha value is -1.08. The van der Waals surface area contributed by atoms with E-state index in [1.54, 1.807) is 18.0 Å². The van der Waals surface area contributed by atoms with Crippen LogP contribution in [0.15, 0.2) is 48.8 Å². The van der Waals surface area contributed by atoms with Gasteiger partial charge in [-0.05, 0) is 59.8 Å². The Morgan fingerprint density at radius 2 is 2.00 bits per heavy atom. The summed E-state index contributed by atoms with van der Waals surface area (Å²) in [4.78, 5) is 18.5. The van der Waals surface area contributed by atoms with Gasteiger partial charge >= 0.3 is 0 Å². The van der Waals surface area contributed by atoms with Crippen LogP contribution in [0.1, 0.15) is 17.9 Å². The highest BCUT2D eigenvalue weighted by Crippen LogP contribution is 2.45. The Morgan fingerprint density at radius 3 is 2.65 bits per heavy atom. The summed E-state index contributed by atoms with van der Waals surface area (Å²) in [6.07, 6.45) is 3.59. The number of nitrogens with zero attached hydrogens (tertiary/aromatic N) is 2. The predicted molar refractivity (Wildman–Crippen MR) is 90.7 cm³/mol. The number of amides is 1. The van der Waals surface area contributed by atoms with Crippen molar-refractivity contribution >= 4 is 45.9 Å². The maximum atomic E-state index is 12.5. The van der Waals surface area contributed by atoms with Crippen LogP contribution in [0.25, 0.3) is 0 Å². The summed E-state index contributed by atoms with van der Waals surface area (Å²) in [7, 11) is 0. The summed E-state index contributed by atoms with van der Waals surface area (Å²) in [6, 6.07) is 12.0. The van der Waals surface area contributed by atoms with Gasteiger partial charge < -0.3 is 0 Å². The van der Waals surface area contributed by atoms with Gasteiger partial charge in [-0.1, -0.05) is 6.07 Å². The van der Waals surface area contributed by atoms with Gasteiger partial charge in [0, 0.05) is 27.2 Å². The van der Waals surface area contributed by atoms with E-state index in [1.807, 2.05) is 54.4 Å². The largest absolute Gasteiger partial charge is 0.295 e. The van der Waals surface area contributed by atoms with Gasteiger partial charge in [0.25, 0.3) is 0 Å². The SMILES string of the molecule is CC1SC(c2cccnc2)N(c2ccc(I)cc2)C1=O. The van der Waals surface area contributed by atoms with Crippen LogP contribution in [0, 0.1) is 3.57 Å². The maximum Gasteiger partial charge on any atom is 0.241 e. The number of hydrogen-bond donors (Lipinski definition) is 0. The number of hydrogen-bond acceptors (Lipinski definition) is 3. The fourth-order valence-electron chi connectivity index (χ4n) is 2.24. The molecule has 1 fully saturated rings. The number of benzene rings is 1. The van der Waals surface area contributed by atoms with E-state index in [2.05, 4.69) is 27.6 Å². The molecular weight excluding hydrogens is 383 g/mol. The number of thioether (sulfide) groups is 1. The first-order chi connectivity index (χ1) is 9.66. The fourth-order valence-corrected chi connectivity index (χ4v) is 3.86. The van der Waals surface area contributed by atoms with Crippen molar-refractivity contribution in [2.45, 2.75) is 17.5 Å². The summed E-state index contributed by atoms with van der Waals surface area (Å²) >= 11 is 3.94. The number of carbonyl (C=O) groups is 1. The topological polar surface area (TPSA) is 33.2 Å². The van der Waals surface area contributed by atoms with Crippen molar-refractivity contribution in [3.8, 4) is 0 Å². The third-order valence-corrected chi connectivity index (χ3v) is 5.30. The fraction of sp³-hybridized carbons (Fsp3) is 0.200. The molecule has 0 aliphatic carbocycles. The van der Waals surface area contributed by atoms with Crippen LogP contribution in [-0.4, -0.2) is 16.1 Å². The Bertz CT molecular complexity index is 618. The van der Waals surface area contributed by atoms with Crippen molar-refractivity contribution in [3.05, 3.63) is 57.9 Å². The van der Waals surface area contributed by atoms with Crippen molar-refractivity contribution in [3.63, 3.8) is 0 Å². The normalized spacial score (nSPS) is 22.3. The lowest BCUT2D eigenvalue weighted by molar-refractivity contribution is -0.117. The molecule has 0 N–H and O–H groups in total. The summed E-state index contributed by atoms with van der Waals surface area (Å²) in [5, 5.41) is -0.0225. The maximum absolute atomic E-state index is 12.5. The number of halogens is 1. The molecule has 5 heteroatoms. The van der Waals surface area contributed by atoms with Crippen molar-refractivity contribution < 1.29 is 4.79 Å². The highest BCUT2D eigenvalue weighted by molar-refractivity contribution is 14.1. The molecule has 102 valence electrons. The number of rotatable bonds is 2. The van der Waals surface area contributed by atoms with E-state index in [-0.39, 0.29) is 16.5 Å². The Balaban J connectivity index is 2.01. The smallest absolute Gasteiger partial charge is 0.241 e. The molecule has 1 aliphatic heterocycles. The molecule has 0 saturated carbocycles. The van der Waals surface area contributed by atoms with Gasteiger partial charge in [-0.2, -0.15) is 0 Å². The minimum absolute atomic E-state index is 0.00580. The lowest BCUT2D eigenvalue weighted by Crippen LogP contribution is -2.30. The van der Waals surface area contributed by atoms with Gasteiger partial charge in [-0.25, -0.2) is 0 Å². The van der Waals surface area contributed by atoms with Crippen LogP contribution < -0.4 is 4.90 Å². The summed E-state index contributed by atoms with van der Waals surface area (Å²) in [5.74, 6) is 0.157. The number of aromatic nitrogens is 1. The minimum Gasteiger partial charge on any atom is -0.295 e. The van der Waals surface area contributed by atoms with Crippen molar-refractivity contribution in [1.29, 1.82) is 0 Å². The van der Waals surface area contributed by atoms with Crippen LogP contribution in [0.3, 0.4) is 0 Å². The van der Waals surface area contributed by atoms with E-state index in [4.69, 9.17) is 0 Å². The van der Waals surface area contributed by atoms with Crippen molar-refractivity contribution in [2.24, 2.45) is 0 Å². The minimum atomic E-state index is -0.0283. The molecule has 0 spiro atoms. The molecule has 1 saturated heterocycles.